The molecule has 0 heterocycles. The highest BCUT2D eigenvalue weighted by Crippen LogP contribution is 2.10. The van der Waals surface area contributed by atoms with Crippen LogP contribution in [-0.2, 0) is 0 Å². The van der Waals surface area contributed by atoms with Crippen molar-refractivity contribution in [1.82, 2.24) is 0 Å². The van der Waals surface area contributed by atoms with E-state index in [0.717, 1.165) is 19.0 Å². The van der Waals surface area contributed by atoms with Gasteiger partial charge in [-0.15, -0.1) is 0 Å². The Balaban J connectivity index is 3.14. The highest BCUT2D eigenvalue weighted by Gasteiger charge is 1.98. The molecule has 0 aromatic heterocycles. The van der Waals surface area contributed by atoms with Crippen LogP contribution in [-0.4, -0.2) is 5.11 Å². The normalized spacial score (nSPS) is 11.3. The van der Waals surface area contributed by atoms with Crippen LogP contribution in [0.2, 0.25) is 0 Å². The van der Waals surface area contributed by atoms with E-state index in [1.807, 2.05) is 0 Å². The minimum Gasteiger partial charge on any atom is -0.505 e. The number of unbranched alkanes of at least 4 members (excludes halogenated alkanes) is 6. The fraction of sp³-hybridized carbons (Fsp3) is 0.818. The Hall–Kier alpha value is -1.04. The van der Waals surface area contributed by atoms with Crippen LogP contribution in [0.4, 0.5) is 0 Å². The van der Waals surface area contributed by atoms with Gasteiger partial charge in [0.2, 0.25) is 5.39 Å². The molecule has 0 atom stereocenters. The summed E-state index contributed by atoms with van der Waals surface area (Å²) in [4.78, 5) is 2.76. The second-order valence-corrected chi connectivity index (χ2v) is 3.61. The molecule has 80 valence electrons. The van der Waals surface area contributed by atoms with Crippen molar-refractivity contribution < 1.29 is 5.11 Å². The number of hydrogen-bond acceptors (Lipinski definition) is 2. The van der Waals surface area contributed by atoms with Crippen molar-refractivity contribution in [2.75, 3.05) is 0 Å². The molecule has 0 fully saturated rings. The summed E-state index contributed by atoms with van der Waals surface area (Å²) in [5, 5.41) is 17.2. The zero-order chi connectivity index (χ0) is 10.6. The highest BCUT2D eigenvalue weighted by atomic mass is 16.3. The molecule has 3 nitrogen and oxygen atoms in total. The molecule has 0 saturated heterocycles. The SMILES string of the molecule is CCCCCCCCC/C(O)=C/[N+]#N. The zero-order valence-electron chi connectivity index (χ0n) is 9.08. The van der Waals surface area contributed by atoms with Crippen molar-refractivity contribution in [2.45, 2.75) is 58.3 Å². The van der Waals surface area contributed by atoms with E-state index >= 15 is 0 Å². The highest BCUT2D eigenvalue weighted by molar-refractivity contribution is 4.94. The lowest BCUT2D eigenvalue weighted by atomic mass is 10.1. The summed E-state index contributed by atoms with van der Waals surface area (Å²) in [7, 11) is 0. The van der Waals surface area contributed by atoms with Crippen molar-refractivity contribution in [2.24, 2.45) is 0 Å². The Morgan fingerprint density at radius 1 is 1.14 bits per heavy atom. The van der Waals surface area contributed by atoms with Gasteiger partial charge in [-0.05, 0) is 6.42 Å². The molecule has 0 aromatic carbocycles. The van der Waals surface area contributed by atoms with Gasteiger partial charge in [-0.1, -0.05) is 45.4 Å². The minimum atomic E-state index is 0.168. The number of nitrogens with zero attached hydrogens (tertiary/aromatic N) is 2. The van der Waals surface area contributed by atoms with Gasteiger partial charge in [0.1, 0.15) is 0 Å². The van der Waals surface area contributed by atoms with Gasteiger partial charge in [0.15, 0.2) is 10.7 Å². The molecule has 0 spiro atoms. The first kappa shape index (κ1) is 13.0. The largest absolute Gasteiger partial charge is 0.505 e. The number of diazo groups is 1. The number of hydrogen-bond donors (Lipinski definition) is 1. The van der Waals surface area contributed by atoms with E-state index in [0.29, 0.717) is 6.42 Å². The van der Waals surface area contributed by atoms with Crippen LogP contribution in [0.3, 0.4) is 0 Å². The summed E-state index contributed by atoms with van der Waals surface area (Å²) in [5.41, 5.74) is 0. The molecule has 14 heavy (non-hydrogen) atoms. The van der Waals surface area contributed by atoms with Crippen LogP contribution in [0, 0.1) is 5.39 Å². The predicted molar refractivity (Wildman–Crippen MR) is 58.4 cm³/mol. The van der Waals surface area contributed by atoms with Crippen molar-refractivity contribution >= 4 is 0 Å². The third-order valence-corrected chi connectivity index (χ3v) is 2.24. The van der Waals surface area contributed by atoms with Gasteiger partial charge in [0.25, 0.3) is 0 Å². The number of aliphatic hydroxyl groups excluding tert-OH is 1. The summed E-state index contributed by atoms with van der Waals surface area (Å²) >= 11 is 0. The van der Waals surface area contributed by atoms with Gasteiger partial charge >= 0.3 is 6.20 Å². The molecule has 1 N–H and O–H groups in total. The Morgan fingerprint density at radius 3 is 2.29 bits per heavy atom. The average molecular weight is 197 g/mol. The lowest BCUT2D eigenvalue weighted by Gasteiger charge is -1.99. The molecule has 0 aliphatic heterocycles. The van der Waals surface area contributed by atoms with Crippen LogP contribution < -0.4 is 0 Å². The molecule has 0 amide bonds. The van der Waals surface area contributed by atoms with Crippen molar-refractivity contribution in [3.05, 3.63) is 16.9 Å². The molecule has 0 unspecified atom stereocenters. The summed E-state index contributed by atoms with van der Waals surface area (Å²) in [6, 6.07) is 0. The Labute approximate surface area is 86.5 Å². The standard InChI is InChI=1S/C11H20N2O/c1-2-3-4-5-6-7-8-9-11(14)10-13-12/h10H,2-9H2,1H3/p+1/b11-10-. The van der Waals surface area contributed by atoms with Crippen LogP contribution >= 0.6 is 0 Å². The number of rotatable bonds is 8. The summed E-state index contributed by atoms with van der Waals surface area (Å²) in [6.07, 6.45) is 10.3. The Morgan fingerprint density at radius 2 is 1.71 bits per heavy atom. The maximum Gasteiger partial charge on any atom is 0.387 e. The average Bonchev–Trinajstić information content (AvgIpc) is 2.17. The first-order chi connectivity index (χ1) is 6.81. The molecule has 0 rings (SSSR count). The van der Waals surface area contributed by atoms with Crippen LogP contribution in [0.25, 0.3) is 4.98 Å². The minimum absolute atomic E-state index is 0.168. The second-order valence-electron chi connectivity index (χ2n) is 3.61. The quantitative estimate of drug-likeness (QED) is 0.356. The summed E-state index contributed by atoms with van der Waals surface area (Å²) in [5.74, 6) is 0.168. The van der Waals surface area contributed by atoms with E-state index in [9.17, 15) is 0 Å². The molecule has 0 aliphatic carbocycles. The Bertz CT molecular complexity index is 194. The van der Waals surface area contributed by atoms with E-state index < -0.39 is 0 Å². The van der Waals surface area contributed by atoms with E-state index in [4.69, 9.17) is 10.5 Å². The summed E-state index contributed by atoms with van der Waals surface area (Å²) < 4.78 is 0. The van der Waals surface area contributed by atoms with E-state index in [1.54, 1.807) is 0 Å². The maximum atomic E-state index is 9.10. The van der Waals surface area contributed by atoms with Gasteiger partial charge < -0.3 is 5.11 Å². The van der Waals surface area contributed by atoms with Crippen molar-refractivity contribution in [1.29, 1.82) is 5.39 Å². The van der Waals surface area contributed by atoms with Gasteiger partial charge in [0, 0.05) is 6.42 Å². The third kappa shape index (κ3) is 9.05. The van der Waals surface area contributed by atoms with Gasteiger partial charge in [-0.3, -0.25) is 0 Å². The monoisotopic (exact) mass is 197 g/mol. The first-order valence-electron chi connectivity index (χ1n) is 5.53. The predicted octanol–water partition coefficient (Wildman–Crippen LogP) is 4.38. The lowest BCUT2D eigenvalue weighted by molar-refractivity contribution is 0.380. The van der Waals surface area contributed by atoms with Gasteiger partial charge in [-0.2, -0.15) is 0 Å². The number of allylic oxidation sites excluding steroid dienone is 1. The topological polar surface area (TPSA) is 48.4 Å². The van der Waals surface area contributed by atoms with Crippen molar-refractivity contribution in [3.8, 4) is 0 Å². The van der Waals surface area contributed by atoms with Crippen LogP contribution in [0.1, 0.15) is 58.3 Å². The number of aliphatic hydroxyl groups is 1. The second kappa shape index (κ2) is 10.0. The summed E-state index contributed by atoms with van der Waals surface area (Å²) in [6.45, 7) is 2.21. The molecule has 0 saturated carbocycles. The molecule has 0 aliphatic rings. The molecule has 0 bridgehead atoms. The molecular formula is C11H21N2O+. The van der Waals surface area contributed by atoms with E-state index in [2.05, 4.69) is 11.9 Å². The van der Waals surface area contributed by atoms with Gasteiger partial charge in [0.05, 0.1) is 0 Å². The maximum absolute atomic E-state index is 9.10. The fourth-order valence-corrected chi connectivity index (χ4v) is 1.39. The molecule has 3 heteroatoms. The van der Waals surface area contributed by atoms with Crippen LogP contribution in [0.15, 0.2) is 12.0 Å². The molecule has 0 radical (unpaired) electrons. The first-order valence-corrected chi connectivity index (χ1v) is 5.53. The molecular weight excluding hydrogens is 176 g/mol. The lowest BCUT2D eigenvalue weighted by Crippen LogP contribution is -1.83. The van der Waals surface area contributed by atoms with E-state index in [1.165, 1.54) is 32.1 Å². The van der Waals surface area contributed by atoms with Gasteiger partial charge in [-0.25, -0.2) is 0 Å². The molecule has 0 aromatic rings. The van der Waals surface area contributed by atoms with Crippen molar-refractivity contribution in [3.63, 3.8) is 0 Å². The smallest absolute Gasteiger partial charge is 0.387 e. The fourth-order valence-electron chi connectivity index (χ4n) is 1.39. The Kier molecular flexibility index (Phi) is 9.30. The van der Waals surface area contributed by atoms with Crippen LogP contribution in [0.5, 0.6) is 0 Å². The van der Waals surface area contributed by atoms with E-state index in [-0.39, 0.29) is 5.76 Å². The zero-order valence-corrected chi connectivity index (χ0v) is 9.08. The third-order valence-electron chi connectivity index (χ3n) is 2.24.